The monoisotopic (exact) mass is 238 g/mol. The third-order valence-electron chi connectivity index (χ3n) is 3.28. The highest BCUT2D eigenvalue weighted by molar-refractivity contribution is 5.81. The van der Waals surface area contributed by atoms with E-state index in [4.69, 9.17) is 4.74 Å². The van der Waals surface area contributed by atoms with Crippen LogP contribution in [0.3, 0.4) is 0 Å². The Balaban J connectivity index is 2.45. The van der Waals surface area contributed by atoms with Crippen molar-refractivity contribution in [1.82, 2.24) is 0 Å². The van der Waals surface area contributed by atoms with Crippen LogP contribution in [0.2, 0.25) is 0 Å². The van der Waals surface area contributed by atoms with E-state index in [0.717, 1.165) is 0 Å². The molecule has 0 atom stereocenters. The van der Waals surface area contributed by atoms with E-state index >= 15 is 0 Å². The molecule has 0 unspecified atom stereocenters. The molecule has 17 heavy (non-hydrogen) atoms. The zero-order valence-electron chi connectivity index (χ0n) is 9.22. The Bertz CT molecular complexity index is 435. The van der Waals surface area contributed by atoms with Crippen molar-refractivity contribution in [3.05, 3.63) is 23.8 Å². The Labute approximate surface area is 98.3 Å². The number of aliphatic carboxylic acids is 1. The van der Waals surface area contributed by atoms with Gasteiger partial charge in [0.1, 0.15) is 0 Å². The van der Waals surface area contributed by atoms with Gasteiger partial charge in [0, 0.05) is 13.2 Å². The molecule has 0 aliphatic carbocycles. The number of carboxylic acids is 1. The number of carbonyl (C=O) groups is 1. The van der Waals surface area contributed by atoms with Crippen molar-refractivity contribution in [2.45, 2.75) is 18.3 Å². The summed E-state index contributed by atoms with van der Waals surface area (Å²) in [5.74, 6) is -1.47. The molecule has 0 bridgehead atoms. The third-order valence-corrected chi connectivity index (χ3v) is 3.28. The molecule has 2 rings (SSSR count). The number of ether oxygens (including phenoxy) is 1. The zero-order chi connectivity index (χ0) is 12.5. The fraction of sp³-hybridized carbons (Fsp3) is 0.417. The smallest absolute Gasteiger partial charge is 0.314 e. The second kappa shape index (κ2) is 4.25. The maximum Gasteiger partial charge on any atom is 0.314 e. The number of benzene rings is 1. The van der Waals surface area contributed by atoms with E-state index in [9.17, 15) is 20.1 Å². The molecule has 0 amide bonds. The Morgan fingerprint density at radius 3 is 2.35 bits per heavy atom. The van der Waals surface area contributed by atoms with Crippen molar-refractivity contribution in [2.24, 2.45) is 0 Å². The summed E-state index contributed by atoms with van der Waals surface area (Å²) in [4.78, 5) is 11.5. The number of carboxylic acid groups (broad SMARTS) is 1. The van der Waals surface area contributed by atoms with Crippen molar-refractivity contribution in [3.63, 3.8) is 0 Å². The van der Waals surface area contributed by atoms with Crippen molar-refractivity contribution < 1.29 is 24.9 Å². The lowest BCUT2D eigenvalue weighted by molar-refractivity contribution is -0.147. The lowest BCUT2D eigenvalue weighted by Gasteiger charge is -2.33. The number of hydrogen-bond donors (Lipinski definition) is 3. The molecule has 3 N–H and O–H groups in total. The van der Waals surface area contributed by atoms with Crippen LogP contribution in [0.25, 0.3) is 0 Å². The summed E-state index contributed by atoms with van der Waals surface area (Å²) in [6.07, 6.45) is 0.735. The van der Waals surface area contributed by atoms with Gasteiger partial charge in [-0.05, 0) is 30.5 Å². The molecule has 1 aromatic carbocycles. The van der Waals surface area contributed by atoms with Crippen LogP contribution in [0.5, 0.6) is 11.5 Å². The topological polar surface area (TPSA) is 87.0 Å². The maximum atomic E-state index is 11.5. The zero-order valence-corrected chi connectivity index (χ0v) is 9.22. The van der Waals surface area contributed by atoms with Gasteiger partial charge in [-0.15, -0.1) is 0 Å². The Kier molecular flexibility index (Phi) is 2.93. The van der Waals surface area contributed by atoms with E-state index in [2.05, 4.69) is 0 Å². The number of aromatic hydroxyl groups is 2. The molecule has 5 nitrogen and oxygen atoms in total. The maximum absolute atomic E-state index is 11.5. The molecule has 1 aliphatic rings. The summed E-state index contributed by atoms with van der Waals surface area (Å²) in [5.41, 5.74) is -0.521. The summed E-state index contributed by atoms with van der Waals surface area (Å²) >= 11 is 0. The lowest BCUT2D eigenvalue weighted by Crippen LogP contribution is -2.41. The molecule has 1 saturated heterocycles. The standard InChI is InChI=1S/C12H14O5/c13-9-2-1-8(7-10(9)14)12(11(15)16)3-5-17-6-4-12/h1-2,7,13-14H,3-6H2,(H,15,16). The minimum absolute atomic E-state index is 0.249. The fourth-order valence-corrected chi connectivity index (χ4v) is 2.17. The first kappa shape index (κ1) is 11.7. The molecular weight excluding hydrogens is 224 g/mol. The lowest BCUT2D eigenvalue weighted by atomic mass is 9.74. The van der Waals surface area contributed by atoms with Crippen LogP contribution in [-0.4, -0.2) is 34.5 Å². The summed E-state index contributed by atoms with van der Waals surface area (Å²) in [5, 5.41) is 28.1. The Morgan fingerprint density at radius 2 is 1.82 bits per heavy atom. The van der Waals surface area contributed by atoms with E-state index in [1.807, 2.05) is 0 Å². The van der Waals surface area contributed by atoms with Gasteiger partial charge in [-0.1, -0.05) is 6.07 Å². The average molecular weight is 238 g/mol. The van der Waals surface area contributed by atoms with Crippen molar-refractivity contribution in [2.75, 3.05) is 13.2 Å². The van der Waals surface area contributed by atoms with Gasteiger partial charge in [-0.25, -0.2) is 0 Å². The van der Waals surface area contributed by atoms with Crippen LogP contribution in [0.1, 0.15) is 18.4 Å². The third kappa shape index (κ3) is 1.93. The van der Waals surface area contributed by atoms with Gasteiger partial charge in [-0.2, -0.15) is 0 Å². The van der Waals surface area contributed by atoms with Crippen LogP contribution >= 0.6 is 0 Å². The Morgan fingerprint density at radius 1 is 1.18 bits per heavy atom. The van der Waals surface area contributed by atoms with Gasteiger partial charge in [-0.3, -0.25) is 4.79 Å². The number of phenolic OH excluding ortho intramolecular Hbond substituents is 2. The minimum Gasteiger partial charge on any atom is -0.504 e. The first-order valence-electron chi connectivity index (χ1n) is 5.40. The highest BCUT2D eigenvalue weighted by Crippen LogP contribution is 2.38. The van der Waals surface area contributed by atoms with Gasteiger partial charge in [0.05, 0.1) is 5.41 Å². The molecule has 0 saturated carbocycles. The van der Waals surface area contributed by atoms with Crippen molar-refractivity contribution in [1.29, 1.82) is 0 Å². The van der Waals surface area contributed by atoms with Gasteiger partial charge in [0.15, 0.2) is 11.5 Å². The quantitative estimate of drug-likeness (QED) is 0.674. The summed E-state index contributed by atoms with van der Waals surface area (Å²) in [7, 11) is 0. The largest absolute Gasteiger partial charge is 0.504 e. The number of phenols is 2. The van der Waals surface area contributed by atoms with Crippen LogP contribution in [-0.2, 0) is 14.9 Å². The summed E-state index contributed by atoms with van der Waals surface area (Å²) < 4.78 is 5.18. The van der Waals surface area contributed by atoms with Gasteiger partial charge >= 0.3 is 5.97 Å². The first-order chi connectivity index (χ1) is 8.06. The van der Waals surface area contributed by atoms with Crippen molar-refractivity contribution >= 4 is 5.97 Å². The predicted octanol–water partition coefficient (Wildman–Crippen LogP) is 1.23. The molecule has 0 aromatic heterocycles. The Hall–Kier alpha value is -1.75. The normalized spacial score (nSPS) is 18.8. The molecular formula is C12H14O5. The second-order valence-electron chi connectivity index (χ2n) is 4.20. The summed E-state index contributed by atoms with van der Waals surface area (Å²) in [6.45, 7) is 0.766. The molecule has 1 heterocycles. The number of hydrogen-bond acceptors (Lipinski definition) is 4. The second-order valence-corrected chi connectivity index (χ2v) is 4.20. The SMILES string of the molecule is O=C(O)C1(c2ccc(O)c(O)c2)CCOCC1. The molecule has 0 radical (unpaired) electrons. The highest BCUT2D eigenvalue weighted by atomic mass is 16.5. The average Bonchev–Trinajstić information content (AvgIpc) is 2.33. The summed E-state index contributed by atoms with van der Waals surface area (Å²) in [6, 6.07) is 4.16. The molecule has 0 spiro atoms. The van der Waals surface area contributed by atoms with Crippen LogP contribution in [0.15, 0.2) is 18.2 Å². The van der Waals surface area contributed by atoms with Crippen molar-refractivity contribution in [3.8, 4) is 11.5 Å². The predicted molar refractivity (Wildman–Crippen MR) is 59.1 cm³/mol. The molecule has 1 fully saturated rings. The number of rotatable bonds is 2. The van der Waals surface area contributed by atoms with Gasteiger partial charge < -0.3 is 20.1 Å². The van der Waals surface area contributed by atoms with Crippen LogP contribution in [0, 0.1) is 0 Å². The van der Waals surface area contributed by atoms with Gasteiger partial charge in [0.2, 0.25) is 0 Å². The van der Waals surface area contributed by atoms with Crippen LogP contribution < -0.4 is 0 Å². The molecule has 92 valence electrons. The van der Waals surface area contributed by atoms with E-state index < -0.39 is 11.4 Å². The van der Waals surface area contributed by atoms with E-state index in [0.29, 0.717) is 31.6 Å². The molecule has 5 heteroatoms. The van der Waals surface area contributed by atoms with E-state index in [1.165, 1.54) is 18.2 Å². The van der Waals surface area contributed by atoms with E-state index in [1.54, 1.807) is 0 Å². The minimum atomic E-state index is -1.02. The van der Waals surface area contributed by atoms with Crippen LogP contribution in [0.4, 0.5) is 0 Å². The molecule has 1 aromatic rings. The first-order valence-corrected chi connectivity index (χ1v) is 5.40. The fourth-order valence-electron chi connectivity index (χ4n) is 2.17. The van der Waals surface area contributed by atoms with E-state index in [-0.39, 0.29) is 11.5 Å². The highest BCUT2D eigenvalue weighted by Gasteiger charge is 2.42. The van der Waals surface area contributed by atoms with Gasteiger partial charge in [0.25, 0.3) is 0 Å². The molecule has 1 aliphatic heterocycles.